The SMILES string of the molecule is Cc1cccc(-c2nc(C(C)C)no2)c1NC(=O)Cc1csc(-c2ccccn2)n1. The summed E-state index contributed by atoms with van der Waals surface area (Å²) in [6, 6.07) is 11.4. The normalized spacial score (nSPS) is 11.1. The van der Waals surface area contributed by atoms with Gasteiger partial charge in [-0.2, -0.15) is 4.98 Å². The zero-order valence-corrected chi connectivity index (χ0v) is 17.7. The van der Waals surface area contributed by atoms with E-state index in [0.29, 0.717) is 28.7 Å². The maximum Gasteiger partial charge on any atom is 0.260 e. The van der Waals surface area contributed by atoms with E-state index in [0.717, 1.165) is 16.3 Å². The Balaban J connectivity index is 1.53. The molecular formula is C22H21N5O2S. The molecule has 1 amide bonds. The summed E-state index contributed by atoms with van der Waals surface area (Å²) in [6.07, 6.45) is 1.89. The minimum atomic E-state index is -0.160. The molecule has 1 aromatic carbocycles. The van der Waals surface area contributed by atoms with E-state index in [-0.39, 0.29) is 18.2 Å². The Morgan fingerprint density at radius 1 is 1.17 bits per heavy atom. The Morgan fingerprint density at radius 3 is 2.77 bits per heavy atom. The molecule has 0 radical (unpaired) electrons. The number of nitrogens with one attached hydrogen (secondary N) is 1. The summed E-state index contributed by atoms with van der Waals surface area (Å²) in [7, 11) is 0. The summed E-state index contributed by atoms with van der Waals surface area (Å²) in [5.41, 5.74) is 3.79. The Hall–Kier alpha value is -3.39. The van der Waals surface area contributed by atoms with Crippen molar-refractivity contribution in [1.82, 2.24) is 20.1 Å². The molecule has 152 valence electrons. The molecule has 30 heavy (non-hydrogen) atoms. The first kappa shape index (κ1) is 19.9. The number of amides is 1. The van der Waals surface area contributed by atoms with Gasteiger partial charge in [-0.05, 0) is 30.7 Å². The third-order valence-corrected chi connectivity index (χ3v) is 5.42. The topological polar surface area (TPSA) is 93.8 Å². The summed E-state index contributed by atoms with van der Waals surface area (Å²) in [6.45, 7) is 5.93. The Labute approximate surface area is 178 Å². The molecule has 0 aliphatic rings. The third-order valence-electron chi connectivity index (χ3n) is 4.50. The van der Waals surface area contributed by atoms with Crippen LogP contribution in [-0.4, -0.2) is 26.0 Å². The number of carbonyl (C=O) groups excluding carboxylic acids is 1. The number of anilines is 1. The van der Waals surface area contributed by atoms with Gasteiger partial charge in [0.2, 0.25) is 5.91 Å². The second-order valence-corrected chi connectivity index (χ2v) is 8.05. The molecule has 0 fully saturated rings. The number of pyridine rings is 1. The summed E-state index contributed by atoms with van der Waals surface area (Å²) < 4.78 is 5.43. The van der Waals surface area contributed by atoms with Crippen molar-refractivity contribution in [3.8, 4) is 22.2 Å². The predicted molar refractivity (Wildman–Crippen MR) is 116 cm³/mol. The van der Waals surface area contributed by atoms with Crippen LogP contribution >= 0.6 is 11.3 Å². The minimum Gasteiger partial charge on any atom is -0.334 e. The van der Waals surface area contributed by atoms with Crippen molar-refractivity contribution >= 4 is 22.9 Å². The number of thiazole rings is 1. The minimum absolute atomic E-state index is 0.156. The molecule has 0 aliphatic heterocycles. The van der Waals surface area contributed by atoms with Crippen molar-refractivity contribution in [2.75, 3.05) is 5.32 Å². The number of hydrogen-bond donors (Lipinski definition) is 1. The van der Waals surface area contributed by atoms with Crippen molar-refractivity contribution in [2.24, 2.45) is 0 Å². The molecular weight excluding hydrogens is 398 g/mol. The molecule has 4 rings (SSSR count). The van der Waals surface area contributed by atoms with Crippen LogP contribution in [0.4, 0.5) is 5.69 Å². The summed E-state index contributed by atoms with van der Waals surface area (Å²) in [5, 5.41) is 9.70. The molecule has 0 unspecified atom stereocenters. The molecule has 0 spiro atoms. The van der Waals surface area contributed by atoms with Crippen molar-refractivity contribution < 1.29 is 9.32 Å². The lowest BCUT2D eigenvalue weighted by atomic mass is 10.1. The average Bonchev–Trinajstić information content (AvgIpc) is 3.40. The van der Waals surface area contributed by atoms with E-state index in [4.69, 9.17) is 4.52 Å². The number of aryl methyl sites for hydroxylation is 1. The number of para-hydroxylation sites is 1. The molecule has 8 heteroatoms. The number of benzene rings is 1. The standard InChI is InChI=1S/C22H21N5O2S/c1-13(2)20-26-21(29-27-20)16-8-6-7-14(3)19(16)25-18(28)11-15-12-30-22(24-15)17-9-4-5-10-23-17/h4-10,12-13H,11H2,1-3H3,(H,25,28). The molecule has 4 aromatic rings. The van der Waals surface area contributed by atoms with Crippen LogP contribution in [0.1, 0.15) is 36.8 Å². The van der Waals surface area contributed by atoms with E-state index in [9.17, 15) is 4.79 Å². The number of aromatic nitrogens is 4. The first-order valence-electron chi connectivity index (χ1n) is 9.60. The van der Waals surface area contributed by atoms with E-state index < -0.39 is 0 Å². The van der Waals surface area contributed by atoms with Crippen LogP contribution in [0.25, 0.3) is 22.2 Å². The smallest absolute Gasteiger partial charge is 0.260 e. The van der Waals surface area contributed by atoms with Gasteiger partial charge in [-0.3, -0.25) is 9.78 Å². The van der Waals surface area contributed by atoms with Crippen LogP contribution in [0.15, 0.2) is 52.5 Å². The molecule has 1 N–H and O–H groups in total. The van der Waals surface area contributed by atoms with Crippen LogP contribution in [-0.2, 0) is 11.2 Å². The van der Waals surface area contributed by atoms with Crippen molar-refractivity contribution in [3.05, 3.63) is 65.1 Å². The largest absolute Gasteiger partial charge is 0.334 e. The highest BCUT2D eigenvalue weighted by molar-refractivity contribution is 7.13. The molecule has 3 heterocycles. The fourth-order valence-electron chi connectivity index (χ4n) is 2.93. The second-order valence-electron chi connectivity index (χ2n) is 7.19. The molecule has 0 saturated carbocycles. The highest BCUT2D eigenvalue weighted by atomic mass is 32.1. The highest BCUT2D eigenvalue weighted by Gasteiger charge is 2.18. The quantitative estimate of drug-likeness (QED) is 0.479. The Bertz CT molecular complexity index is 1170. The van der Waals surface area contributed by atoms with E-state index in [1.807, 2.05) is 62.5 Å². The molecule has 0 atom stereocenters. The highest BCUT2D eigenvalue weighted by Crippen LogP contribution is 2.31. The van der Waals surface area contributed by atoms with E-state index in [2.05, 4.69) is 25.4 Å². The molecule has 7 nitrogen and oxygen atoms in total. The first-order chi connectivity index (χ1) is 14.5. The van der Waals surface area contributed by atoms with Gasteiger partial charge in [0.1, 0.15) is 5.01 Å². The van der Waals surface area contributed by atoms with Crippen molar-refractivity contribution in [1.29, 1.82) is 0 Å². The van der Waals surface area contributed by atoms with Gasteiger partial charge in [-0.15, -0.1) is 11.3 Å². The lowest BCUT2D eigenvalue weighted by Gasteiger charge is -2.11. The Kier molecular flexibility index (Phi) is 5.67. The van der Waals surface area contributed by atoms with Crippen LogP contribution in [0, 0.1) is 6.92 Å². The van der Waals surface area contributed by atoms with Gasteiger partial charge in [0.15, 0.2) is 5.82 Å². The van der Waals surface area contributed by atoms with Crippen LogP contribution in [0.2, 0.25) is 0 Å². The lowest BCUT2D eigenvalue weighted by molar-refractivity contribution is -0.115. The van der Waals surface area contributed by atoms with Gasteiger partial charge in [-0.1, -0.05) is 37.2 Å². The van der Waals surface area contributed by atoms with Gasteiger partial charge < -0.3 is 9.84 Å². The van der Waals surface area contributed by atoms with Crippen LogP contribution in [0.5, 0.6) is 0 Å². The number of hydrogen-bond acceptors (Lipinski definition) is 7. The maximum absolute atomic E-state index is 12.7. The zero-order valence-electron chi connectivity index (χ0n) is 16.9. The van der Waals surface area contributed by atoms with Gasteiger partial charge >= 0.3 is 0 Å². The predicted octanol–water partition coefficient (Wildman–Crippen LogP) is 4.87. The van der Waals surface area contributed by atoms with Crippen molar-refractivity contribution in [3.63, 3.8) is 0 Å². The number of carbonyl (C=O) groups is 1. The average molecular weight is 420 g/mol. The van der Waals surface area contributed by atoms with Crippen molar-refractivity contribution in [2.45, 2.75) is 33.1 Å². The van der Waals surface area contributed by atoms with Gasteiger partial charge in [0.25, 0.3) is 5.89 Å². The van der Waals surface area contributed by atoms with Gasteiger partial charge in [0.05, 0.1) is 29.1 Å². The third kappa shape index (κ3) is 4.28. The fraction of sp³-hybridized carbons (Fsp3) is 0.227. The lowest BCUT2D eigenvalue weighted by Crippen LogP contribution is -2.16. The molecule has 3 aromatic heterocycles. The van der Waals surface area contributed by atoms with E-state index >= 15 is 0 Å². The van der Waals surface area contributed by atoms with Gasteiger partial charge in [0, 0.05) is 17.5 Å². The molecule has 0 aliphatic carbocycles. The summed E-state index contributed by atoms with van der Waals surface area (Å²) >= 11 is 1.47. The first-order valence-corrected chi connectivity index (χ1v) is 10.5. The molecule has 0 saturated heterocycles. The molecule has 0 bridgehead atoms. The van der Waals surface area contributed by atoms with E-state index in [1.165, 1.54) is 11.3 Å². The Morgan fingerprint density at radius 2 is 2.03 bits per heavy atom. The maximum atomic E-state index is 12.7. The van der Waals surface area contributed by atoms with E-state index in [1.54, 1.807) is 6.20 Å². The number of rotatable bonds is 6. The van der Waals surface area contributed by atoms with Crippen LogP contribution in [0.3, 0.4) is 0 Å². The van der Waals surface area contributed by atoms with Gasteiger partial charge in [-0.25, -0.2) is 4.98 Å². The second kappa shape index (κ2) is 8.54. The number of nitrogens with zero attached hydrogens (tertiary/aromatic N) is 4. The fourth-order valence-corrected chi connectivity index (χ4v) is 3.73. The van der Waals surface area contributed by atoms with Crippen LogP contribution < -0.4 is 5.32 Å². The monoisotopic (exact) mass is 419 g/mol. The summed E-state index contributed by atoms with van der Waals surface area (Å²) in [4.78, 5) is 26.1. The zero-order chi connectivity index (χ0) is 21.1. The summed E-state index contributed by atoms with van der Waals surface area (Å²) in [5.74, 6) is 1.02.